The van der Waals surface area contributed by atoms with E-state index in [0.717, 1.165) is 0 Å². The van der Waals surface area contributed by atoms with Crippen LogP contribution in [0.3, 0.4) is 0 Å². The minimum Gasteiger partial charge on any atom is -0.487 e. The highest BCUT2D eigenvalue weighted by molar-refractivity contribution is 5.92. The minimum atomic E-state index is -0.645. The van der Waals surface area contributed by atoms with E-state index in [2.05, 4.69) is 16.0 Å². The summed E-state index contributed by atoms with van der Waals surface area (Å²) in [6.45, 7) is 9.11. The summed E-state index contributed by atoms with van der Waals surface area (Å²) in [5.74, 6) is 0.567. The van der Waals surface area contributed by atoms with E-state index in [1.54, 1.807) is 45.0 Å². The molecule has 3 amide bonds. The van der Waals surface area contributed by atoms with Gasteiger partial charge in [-0.1, -0.05) is 12.1 Å². The number of carbonyl (C=O) groups is 2. The van der Waals surface area contributed by atoms with Crippen LogP contribution in [-0.4, -0.2) is 28.2 Å². The SMILES string of the molecule is CC(C)(C)OC(=O)Nc1ccc2c(c1)C(NC(=O)Nc1ccccc1[N+](=O)[O-])CC(C)(C)O2. The van der Waals surface area contributed by atoms with Gasteiger partial charge in [-0.15, -0.1) is 0 Å². The zero-order valence-corrected chi connectivity index (χ0v) is 19.2. The largest absolute Gasteiger partial charge is 0.487 e. The topological polar surface area (TPSA) is 132 Å². The van der Waals surface area contributed by atoms with Crippen molar-refractivity contribution in [3.8, 4) is 5.75 Å². The molecule has 1 aliphatic heterocycles. The smallest absolute Gasteiger partial charge is 0.412 e. The zero-order valence-electron chi connectivity index (χ0n) is 19.2. The molecule has 176 valence electrons. The number of ether oxygens (including phenoxy) is 2. The lowest BCUT2D eigenvalue weighted by Crippen LogP contribution is -2.42. The second-order valence-corrected chi connectivity index (χ2v) is 9.37. The fourth-order valence-corrected chi connectivity index (χ4v) is 3.54. The molecule has 1 atom stereocenters. The molecule has 0 bridgehead atoms. The molecule has 1 heterocycles. The molecule has 0 saturated heterocycles. The number of anilines is 2. The molecule has 10 nitrogen and oxygen atoms in total. The Hall–Kier alpha value is -3.82. The highest BCUT2D eigenvalue weighted by Crippen LogP contribution is 2.41. The monoisotopic (exact) mass is 456 g/mol. The van der Waals surface area contributed by atoms with Gasteiger partial charge in [0.05, 0.1) is 11.0 Å². The Morgan fingerprint density at radius 1 is 1.15 bits per heavy atom. The standard InChI is InChI=1S/C23H28N4O6/c1-22(2,3)33-21(29)24-14-10-11-19-15(12-14)17(13-23(4,5)32-19)26-20(28)25-16-8-6-7-9-18(16)27(30)31/h6-12,17H,13H2,1-5H3,(H,24,29)(H2,25,26,28). The van der Waals surface area contributed by atoms with E-state index < -0.39 is 34.3 Å². The van der Waals surface area contributed by atoms with Crippen LogP contribution in [0.2, 0.25) is 0 Å². The molecule has 0 saturated carbocycles. The molecule has 0 spiro atoms. The lowest BCUT2D eigenvalue weighted by Gasteiger charge is -2.38. The predicted molar refractivity (Wildman–Crippen MR) is 124 cm³/mol. The molecular formula is C23H28N4O6. The Labute approximate surface area is 191 Å². The zero-order chi connectivity index (χ0) is 24.4. The van der Waals surface area contributed by atoms with Gasteiger partial charge in [0.25, 0.3) is 5.69 Å². The quantitative estimate of drug-likeness (QED) is 0.419. The summed E-state index contributed by atoms with van der Waals surface area (Å²) in [6, 6.07) is 9.97. The van der Waals surface area contributed by atoms with Crippen LogP contribution in [0, 0.1) is 10.1 Å². The maximum absolute atomic E-state index is 12.7. The number of fused-ring (bicyclic) bond motifs is 1. The van der Waals surface area contributed by atoms with Crippen molar-refractivity contribution in [3.63, 3.8) is 0 Å². The first kappa shape index (κ1) is 23.8. The number of nitrogens with one attached hydrogen (secondary N) is 3. The number of carbonyl (C=O) groups excluding carboxylic acids is 2. The number of hydrogen-bond donors (Lipinski definition) is 3. The van der Waals surface area contributed by atoms with Crippen LogP contribution in [-0.2, 0) is 4.74 Å². The van der Waals surface area contributed by atoms with E-state index in [1.807, 2.05) is 13.8 Å². The van der Waals surface area contributed by atoms with Crippen LogP contribution in [0.1, 0.15) is 52.6 Å². The van der Waals surface area contributed by atoms with Crippen LogP contribution in [0.4, 0.5) is 26.7 Å². The Balaban J connectivity index is 1.81. The van der Waals surface area contributed by atoms with Crippen molar-refractivity contribution >= 4 is 29.2 Å². The molecule has 0 radical (unpaired) electrons. The molecule has 2 aromatic rings. The number of nitro groups is 1. The average Bonchev–Trinajstić information content (AvgIpc) is 2.66. The maximum atomic E-state index is 12.7. The van der Waals surface area contributed by atoms with Gasteiger partial charge >= 0.3 is 12.1 Å². The molecule has 1 aliphatic rings. The molecule has 3 N–H and O–H groups in total. The van der Waals surface area contributed by atoms with Crippen LogP contribution >= 0.6 is 0 Å². The molecule has 1 unspecified atom stereocenters. The Morgan fingerprint density at radius 3 is 2.52 bits per heavy atom. The number of hydrogen-bond acceptors (Lipinski definition) is 6. The third-order valence-corrected chi connectivity index (χ3v) is 4.77. The predicted octanol–water partition coefficient (Wildman–Crippen LogP) is 5.37. The van der Waals surface area contributed by atoms with E-state index in [4.69, 9.17) is 9.47 Å². The summed E-state index contributed by atoms with van der Waals surface area (Å²) in [6.07, 6.45) is -0.154. The fraction of sp³-hybridized carbons (Fsp3) is 0.391. The van der Waals surface area contributed by atoms with Gasteiger partial charge in [0, 0.05) is 23.7 Å². The summed E-state index contributed by atoms with van der Waals surface area (Å²) < 4.78 is 11.3. The van der Waals surface area contributed by atoms with E-state index in [0.29, 0.717) is 23.4 Å². The summed E-state index contributed by atoms with van der Waals surface area (Å²) in [5, 5.41) is 19.3. The van der Waals surface area contributed by atoms with Crippen LogP contribution in [0.25, 0.3) is 0 Å². The summed E-state index contributed by atoms with van der Waals surface area (Å²) >= 11 is 0. The van der Waals surface area contributed by atoms with Crippen molar-refractivity contribution < 1.29 is 24.0 Å². The summed E-state index contributed by atoms with van der Waals surface area (Å²) in [7, 11) is 0. The molecule has 0 fully saturated rings. The molecule has 3 rings (SSSR count). The van der Waals surface area contributed by atoms with Crippen molar-refractivity contribution in [1.82, 2.24) is 5.32 Å². The van der Waals surface area contributed by atoms with Crippen LogP contribution in [0.15, 0.2) is 42.5 Å². The van der Waals surface area contributed by atoms with Gasteiger partial charge in [0.15, 0.2) is 0 Å². The number of urea groups is 1. The van der Waals surface area contributed by atoms with Gasteiger partial charge in [0.2, 0.25) is 0 Å². The third kappa shape index (κ3) is 6.34. The molecular weight excluding hydrogens is 428 g/mol. The van der Waals surface area contributed by atoms with Crippen molar-refractivity contribution in [2.75, 3.05) is 10.6 Å². The minimum absolute atomic E-state index is 0.0897. The first-order valence-electron chi connectivity index (χ1n) is 10.5. The summed E-state index contributed by atoms with van der Waals surface area (Å²) in [5.41, 5.74) is -0.175. The van der Waals surface area contributed by atoms with Gasteiger partial charge in [-0.2, -0.15) is 0 Å². The molecule has 0 aliphatic carbocycles. The lowest BCUT2D eigenvalue weighted by molar-refractivity contribution is -0.383. The van der Waals surface area contributed by atoms with E-state index >= 15 is 0 Å². The van der Waals surface area contributed by atoms with Gasteiger partial charge in [-0.05, 0) is 58.9 Å². The number of para-hydroxylation sites is 2. The Morgan fingerprint density at radius 2 is 1.85 bits per heavy atom. The first-order chi connectivity index (χ1) is 15.3. The van der Waals surface area contributed by atoms with Crippen LogP contribution in [0.5, 0.6) is 5.75 Å². The van der Waals surface area contributed by atoms with Gasteiger partial charge < -0.3 is 20.1 Å². The number of nitrogens with zero attached hydrogens (tertiary/aromatic N) is 1. The molecule has 0 aromatic heterocycles. The van der Waals surface area contributed by atoms with Gasteiger partial charge in [-0.3, -0.25) is 15.4 Å². The second-order valence-electron chi connectivity index (χ2n) is 9.37. The lowest BCUT2D eigenvalue weighted by atomic mass is 9.89. The molecule has 10 heteroatoms. The molecule has 2 aromatic carbocycles. The van der Waals surface area contributed by atoms with E-state index in [9.17, 15) is 19.7 Å². The number of rotatable bonds is 4. The highest BCUT2D eigenvalue weighted by atomic mass is 16.6. The number of nitro benzene ring substituents is 1. The molecule has 33 heavy (non-hydrogen) atoms. The third-order valence-electron chi connectivity index (χ3n) is 4.77. The normalized spacial score (nSPS) is 16.6. The number of benzene rings is 2. The van der Waals surface area contributed by atoms with Crippen molar-refractivity contribution in [1.29, 1.82) is 0 Å². The van der Waals surface area contributed by atoms with Gasteiger partial charge in [0.1, 0.15) is 22.6 Å². The van der Waals surface area contributed by atoms with Crippen LogP contribution < -0.4 is 20.7 Å². The van der Waals surface area contributed by atoms with Crippen molar-refractivity contribution in [2.45, 2.75) is 58.3 Å². The Kier molecular flexibility index (Phi) is 6.48. The second kappa shape index (κ2) is 8.97. The van der Waals surface area contributed by atoms with Crippen molar-refractivity contribution in [2.24, 2.45) is 0 Å². The maximum Gasteiger partial charge on any atom is 0.412 e. The van der Waals surface area contributed by atoms with Gasteiger partial charge in [-0.25, -0.2) is 9.59 Å². The average molecular weight is 456 g/mol. The number of amides is 3. The van der Waals surface area contributed by atoms with Crippen molar-refractivity contribution in [3.05, 3.63) is 58.1 Å². The summed E-state index contributed by atoms with van der Waals surface area (Å²) in [4.78, 5) is 35.5. The Bertz CT molecular complexity index is 1080. The fourth-order valence-electron chi connectivity index (χ4n) is 3.54. The van der Waals surface area contributed by atoms with E-state index in [-0.39, 0.29) is 11.4 Å². The van der Waals surface area contributed by atoms with E-state index in [1.165, 1.54) is 18.2 Å². The highest BCUT2D eigenvalue weighted by Gasteiger charge is 2.35. The first-order valence-corrected chi connectivity index (χ1v) is 10.5.